The lowest BCUT2D eigenvalue weighted by Crippen LogP contribution is -2.24. The number of hydrogen-bond donors (Lipinski definition) is 3. The fourth-order valence-electron chi connectivity index (χ4n) is 0.804. The summed E-state index contributed by atoms with van der Waals surface area (Å²) in [6.07, 6.45) is 0.856. The van der Waals surface area contributed by atoms with Gasteiger partial charge in [0.25, 0.3) is 0 Å². The van der Waals surface area contributed by atoms with Gasteiger partial charge in [0.2, 0.25) is 0 Å². The number of hydrogen-bond acceptors (Lipinski definition) is 4. The topological polar surface area (TPSA) is 81.9 Å². The molecule has 10 heavy (non-hydrogen) atoms. The highest BCUT2D eigenvalue weighted by Crippen LogP contribution is 2.03. The number of aromatic nitrogens is 2. The number of nitrogens with zero attached hydrogens (tertiary/aromatic N) is 2. The van der Waals surface area contributed by atoms with Crippen LogP contribution in [0.1, 0.15) is 12.6 Å². The predicted octanol–water partition coefficient (Wildman–Crippen LogP) is -0.555. The van der Waals surface area contributed by atoms with Gasteiger partial charge in [0.05, 0.1) is 5.69 Å². The molecule has 1 heterocycles. The van der Waals surface area contributed by atoms with Crippen LogP contribution in [0.25, 0.3) is 0 Å². The van der Waals surface area contributed by atoms with Gasteiger partial charge in [-0.2, -0.15) is 4.79 Å². The van der Waals surface area contributed by atoms with E-state index in [0.717, 1.165) is 12.1 Å². The highest BCUT2D eigenvalue weighted by molar-refractivity contribution is 5.29. The first kappa shape index (κ1) is 6.88. The molecule has 1 aromatic heterocycles. The second kappa shape index (κ2) is 2.57. The lowest BCUT2D eigenvalue weighted by molar-refractivity contribution is 0.712. The molecule has 56 valence electrons. The Balaban J connectivity index is 2.96. The molecule has 0 bridgehead atoms. The van der Waals surface area contributed by atoms with Crippen LogP contribution in [0.3, 0.4) is 0 Å². The molecule has 5 N–H and O–H groups in total. The Morgan fingerprint density at radius 2 is 2.50 bits per heavy atom. The summed E-state index contributed by atoms with van der Waals surface area (Å²) in [5.41, 5.74) is 8.77. The molecule has 0 saturated carbocycles. The average molecular weight is 141 g/mol. The molecule has 1 rings (SSSR count). The van der Waals surface area contributed by atoms with Crippen molar-refractivity contribution in [3.8, 4) is 0 Å². The van der Waals surface area contributed by atoms with Crippen molar-refractivity contribution in [2.75, 3.05) is 11.3 Å². The Kier molecular flexibility index (Phi) is 1.77. The minimum atomic E-state index is 0.481. The van der Waals surface area contributed by atoms with E-state index in [4.69, 9.17) is 11.6 Å². The van der Waals surface area contributed by atoms with E-state index in [1.54, 1.807) is 6.07 Å². The van der Waals surface area contributed by atoms with E-state index in [2.05, 4.69) is 10.6 Å². The number of nitrogens with two attached hydrogens (primary N) is 2. The molecule has 0 amide bonds. The van der Waals surface area contributed by atoms with Gasteiger partial charge in [0.15, 0.2) is 0 Å². The van der Waals surface area contributed by atoms with Gasteiger partial charge in [-0.05, 0) is 6.42 Å². The first-order chi connectivity index (χ1) is 4.77. The molecule has 0 aliphatic rings. The largest absolute Gasteiger partial charge is 0.382 e. The molecular formula is C5H11N5. The van der Waals surface area contributed by atoms with Gasteiger partial charge >= 0.3 is 0 Å². The third-order valence-corrected chi connectivity index (χ3v) is 1.29. The van der Waals surface area contributed by atoms with Crippen molar-refractivity contribution in [1.29, 1.82) is 0 Å². The zero-order valence-corrected chi connectivity index (χ0v) is 5.83. The van der Waals surface area contributed by atoms with Crippen molar-refractivity contribution in [1.82, 2.24) is 9.89 Å². The number of nitrogens with one attached hydrogen (secondary N) is 1. The molecule has 0 unspecified atom stereocenters. The van der Waals surface area contributed by atoms with Gasteiger partial charge in [-0.15, -0.1) is 5.10 Å². The molecule has 0 spiro atoms. The number of nitrogen functional groups attached to an aromatic ring is 2. The molecule has 0 aromatic carbocycles. The van der Waals surface area contributed by atoms with Crippen molar-refractivity contribution in [2.24, 2.45) is 5.84 Å². The molecule has 1 aromatic rings. The van der Waals surface area contributed by atoms with Crippen molar-refractivity contribution in [3.05, 3.63) is 11.8 Å². The summed E-state index contributed by atoms with van der Waals surface area (Å²) >= 11 is 0. The summed E-state index contributed by atoms with van der Waals surface area (Å²) in [5, 5.41) is 3.86. The summed E-state index contributed by atoms with van der Waals surface area (Å²) in [4.78, 5) is 1.45. The maximum Gasteiger partial charge on any atom is 0.147 e. The van der Waals surface area contributed by atoms with E-state index in [1.165, 1.54) is 4.79 Å². The third-order valence-electron chi connectivity index (χ3n) is 1.29. The lowest BCUT2D eigenvalue weighted by Gasteiger charge is -2.00. The van der Waals surface area contributed by atoms with Crippen molar-refractivity contribution in [2.45, 2.75) is 13.3 Å². The summed E-state index contributed by atoms with van der Waals surface area (Å²) in [6, 6.07) is 1.78. The van der Waals surface area contributed by atoms with E-state index >= 15 is 0 Å². The molecule has 5 nitrogen and oxygen atoms in total. The van der Waals surface area contributed by atoms with E-state index in [1.807, 2.05) is 6.92 Å². The van der Waals surface area contributed by atoms with Gasteiger partial charge in [-0.3, -0.25) is 0 Å². The number of hydrazine groups is 1. The van der Waals surface area contributed by atoms with Crippen molar-refractivity contribution in [3.63, 3.8) is 0 Å². The van der Waals surface area contributed by atoms with Crippen LogP contribution in [0.2, 0.25) is 0 Å². The fraction of sp³-hybridized carbons (Fsp3) is 0.400. The molecule has 0 fully saturated rings. The first-order valence-corrected chi connectivity index (χ1v) is 3.09. The SMILES string of the molecule is CCc1cc(N)nn1NN. The third kappa shape index (κ3) is 1.03. The molecule has 0 saturated heterocycles. The normalized spacial score (nSPS) is 9.80. The number of rotatable bonds is 2. The minimum Gasteiger partial charge on any atom is -0.382 e. The highest BCUT2D eigenvalue weighted by Gasteiger charge is 2.00. The molecule has 0 aliphatic heterocycles. The smallest absolute Gasteiger partial charge is 0.147 e. The Bertz CT molecular complexity index is 194. The summed E-state index contributed by atoms with van der Waals surface area (Å²) in [5.74, 6) is 5.62. The van der Waals surface area contributed by atoms with Gasteiger partial charge in [-0.1, -0.05) is 6.92 Å². The van der Waals surface area contributed by atoms with Crippen LogP contribution in [0, 0.1) is 0 Å². The van der Waals surface area contributed by atoms with Gasteiger partial charge in [-0.25, -0.2) is 11.4 Å². The van der Waals surface area contributed by atoms with Crippen molar-refractivity contribution < 1.29 is 0 Å². The van der Waals surface area contributed by atoms with E-state index in [9.17, 15) is 0 Å². The standard InChI is InChI=1S/C5H11N5/c1-2-4-3-5(6)8-10(4)9-7/h3,9H,2,7H2,1H3,(H2,6,8). The van der Waals surface area contributed by atoms with Crippen LogP contribution in [0.4, 0.5) is 5.82 Å². The van der Waals surface area contributed by atoms with Crippen molar-refractivity contribution >= 4 is 5.82 Å². The van der Waals surface area contributed by atoms with Crippen LogP contribution < -0.4 is 17.1 Å². The van der Waals surface area contributed by atoms with Gasteiger partial charge in [0, 0.05) is 6.07 Å². The molecule has 0 aliphatic carbocycles. The predicted molar refractivity (Wildman–Crippen MR) is 39.6 cm³/mol. The Morgan fingerprint density at radius 3 is 2.90 bits per heavy atom. The zero-order chi connectivity index (χ0) is 7.56. The quantitative estimate of drug-likeness (QED) is 0.381. The average Bonchev–Trinajstić information content (AvgIpc) is 2.30. The summed E-state index contributed by atoms with van der Waals surface area (Å²) in [7, 11) is 0. The van der Waals surface area contributed by atoms with Gasteiger partial charge in [0.1, 0.15) is 5.82 Å². The Morgan fingerprint density at radius 1 is 1.80 bits per heavy atom. The lowest BCUT2D eigenvalue weighted by atomic mass is 10.3. The van der Waals surface area contributed by atoms with E-state index in [-0.39, 0.29) is 0 Å². The minimum absolute atomic E-state index is 0.481. The van der Waals surface area contributed by atoms with Crippen LogP contribution >= 0.6 is 0 Å². The van der Waals surface area contributed by atoms with E-state index in [0.29, 0.717) is 5.82 Å². The maximum atomic E-state index is 5.40. The second-order valence-electron chi connectivity index (χ2n) is 1.95. The van der Waals surface area contributed by atoms with Crippen LogP contribution in [0.5, 0.6) is 0 Å². The van der Waals surface area contributed by atoms with Crippen LogP contribution in [-0.4, -0.2) is 9.89 Å². The Labute approximate surface area is 58.9 Å². The molecule has 5 heteroatoms. The first-order valence-electron chi connectivity index (χ1n) is 3.09. The number of aryl methyl sites for hydroxylation is 1. The summed E-state index contributed by atoms with van der Waals surface area (Å²) in [6.45, 7) is 2.00. The Hall–Kier alpha value is -1.23. The monoisotopic (exact) mass is 141 g/mol. The molecular weight excluding hydrogens is 130 g/mol. The van der Waals surface area contributed by atoms with Crippen LogP contribution in [-0.2, 0) is 6.42 Å². The number of anilines is 1. The van der Waals surface area contributed by atoms with E-state index < -0.39 is 0 Å². The van der Waals surface area contributed by atoms with Crippen LogP contribution in [0.15, 0.2) is 6.07 Å². The van der Waals surface area contributed by atoms with Gasteiger partial charge < -0.3 is 5.73 Å². The fourth-order valence-corrected chi connectivity index (χ4v) is 0.804. The molecule has 0 radical (unpaired) electrons. The second-order valence-corrected chi connectivity index (χ2v) is 1.95. The highest BCUT2D eigenvalue weighted by atomic mass is 15.7. The molecule has 0 atom stereocenters. The zero-order valence-electron chi connectivity index (χ0n) is 5.83. The maximum absolute atomic E-state index is 5.40. The summed E-state index contributed by atoms with van der Waals surface area (Å²) < 4.78 is 0.